The number of alkyl halides is 3. The fraction of sp³-hybridized carbons (Fsp3) is 0.125. The molecule has 2 aromatic heterocycles. The molecule has 0 amide bonds. The average molecular weight is 338 g/mol. The number of fused-ring (bicyclic) bond motifs is 1. The van der Waals surface area contributed by atoms with Crippen molar-refractivity contribution >= 4 is 11.5 Å². The Hall–Kier alpha value is -2.90. The number of halogens is 4. The maximum Gasteiger partial charge on any atom is 0.417 e. The Labute approximate surface area is 133 Å². The molecule has 0 saturated carbocycles. The lowest BCUT2D eigenvalue weighted by atomic mass is 9.99. The number of carbonyl (C=O) groups is 1. The molecular weight excluding hydrogens is 328 g/mol. The molecule has 0 aliphatic rings. The van der Waals surface area contributed by atoms with Crippen LogP contribution in [0.2, 0.25) is 0 Å². The van der Waals surface area contributed by atoms with Gasteiger partial charge in [0.15, 0.2) is 0 Å². The number of hydrogen-bond donors (Lipinski definition) is 1. The highest BCUT2D eigenvalue weighted by Gasteiger charge is 2.33. The van der Waals surface area contributed by atoms with Crippen LogP contribution in [-0.2, 0) is 17.4 Å². The lowest BCUT2D eigenvalue weighted by Gasteiger charge is -2.13. The number of nitrogens with zero attached hydrogens (tertiary/aromatic N) is 2. The number of carboxylic acid groups (broad SMARTS) is 1. The largest absolute Gasteiger partial charge is 0.481 e. The maximum absolute atomic E-state index is 13.5. The van der Waals surface area contributed by atoms with Gasteiger partial charge in [-0.05, 0) is 41.5 Å². The van der Waals surface area contributed by atoms with Crippen molar-refractivity contribution in [1.82, 2.24) is 9.61 Å². The van der Waals surface area contributed by atoms with Crippen LogP contribution in [0.1, 0.15) is 11.1 Å². The molecule has 124 valence electrons. The molecule has 0 saturated heterocycles. The molecule has 0 aliphatic heterocycles. The Morgan fingerprint density at radius 2 is 1.96 bits per heavy atom. The van der Waals surface area contributed by atoms with E-state index in [0.29, 0.717) is 17.1 Å². The van der Waals surface area contributed by atoms with Crippen molar-refractivity contribution in [2.24, 2.45) is 0 Å². The van der Waals surface area contributed by atoms with Crippen LogP contribution in [0, 0.1) is 5.82 Å². The van der Waals surface area contributed by atoms with E-state index in [9.17, 15) is 22.4 Å². The van der Waals surface area contributed by atoms with Crippen molar-refractivity contribution in [2.75, 3.05) is 0 Å². The smallest absolute Gasteiger partial charge is 0.417 e. The van der Waals surface area contributed by atoms with E-state index in [2.05, 4.69) is 5.10 Å². The van der Waals surface area contributed by atoms with Crippen molar-refractivity contribution < 1.29 is 27.5 Å². The monoisotopic (exact) mass is 338 g/mol. The quantitative estimate of drug-likeness (QED) is 0.740. The summed E-state index contributed by atoms with van der Waals surface area (Å²) in [6.45, 7) is 0. The zero-order valence-corrected chi connectivity index (χ0v) is 12.0. The van der Waals surface area contributed by atoms with Gasteiger partial charge in [-0.2, -0.15) is 18.3 Å². The molecule has 0 atom stereocenters. The van der Waals surface area contributed by atoms with Crippen LogP contribution >= 0.6 is 0 Å². The van der Waals surface area contributed by atoms with Crippen molar-refractivity contribution in [2.45, 2.75) is 12.6 Å². The van der Waals surface area contributed by atoms with E-state index in [-0.39, 0.29) is 17.5 Å². The van der Waals surface area contributed by atoms with E-state index in [1.807, 2.05) is 0 Å². The van der Waals surface area contributed by atoms with E-state index in [0.717, 1.165) is 12.1 Å². The second-order valence-electron chi connectivity index (χ2n) is 5.17. The molecule has 1 N–H and O–H groups in total. The number of aromatic nitrogens is 2. The summed E-state index contributed by atoms with van der Waals surface area (Å²) in [4.78, 5) is 10.9. The molecule has 0 spiro atoms. The molecule has 0 bridgehead atoms. The average Bonchev–Trinajstić information content (AvgIpc) is 2.87. The molecular formula is C16H10F4N2O2. The Balaban J connectivity index is 2.20. The maximum atomic E-state index is 13.5. The summed E-state index contributed by atoms with van der Waals surface area (Å²) < 4.78 is 54.3. The van der Waals surface area contributed by atoms with Gasteiger partial charge in [0.1, 0.15) is 5.82 Å². The topological polar surface area (TPSA) is 54.6 Å². The van der Waals surface area contributed by atoms with Crippen LogP contribution in [0.25, 0.3) is 16.6 Å². The highest BCUT2D eigenvalue weighted by Crippen LogP contribution is 2.37. The summed E-state index contributed by atoms with van der Waals surface area (Å²) in [5.41, 5.74) is -0.442. The minimum Gasteiger partial charge on any atom is -0.481 e. The molecule has 0 aliphatic carbocycles. The highest BCUT2D eigenvalue weighted by atomic mass is 19.4. The third-order valence-electron chi connectivity index (χ3n) is 3.54. The summed E-state index contributed by atoms with van der Waals surface area (Å²) in [7, 11) is 0. The molecule has 0 radical (unpaired) electrons. The lowest BCUT2D eigenvalue weighted by Crippen LogP contribution is -2.07. The molecule has 3 aromatic rings. The molecule has 8 heteroatoms. The second-order valence-corrected chi connectivity index (χ2v) is 5.17. The number of benzene rings is 1. The summed E-state index contributed by atoms with van der Waals surface area (Å²) in [5, 5.41) is 12.8. The first-order chi connectivity index (χ1) is 11.3. The molecule has 0 fully saturated rings. The normalized spacial score (nSPS) is 11.8. The molecule has 2 heterocycles. The number of hydrogen-bond acceptors (Lipinski definition) is 2. The van der Waals surface area contributed by atoms with E-state index in [4.69, 9.17) is 5.11 Å². The number of aliphatic carboxylic acids is 1. The van der Waals surface area contributed by atoms with Gasteiger partial charge in [-0.25, -0.2) is 8.91 Å². The molecule has 4 nitrogen and oxygen atoms in total. The SMILES string of the molecule is O=C(O)Cc1cnn2ccc(-c3cc(F)ccc3C(F)(F)F)cc12. The van der Waals surface area contributed by atoms with Crippen LogP contribution in [0.4, 0.5) is 17.6 Å². The zero-order valence-electron chi connectivity index (χ0n) is 12.0. The van der Waals surface area contributed by atoms with Gasteiger partial charge in [-0.15, -0.1) is 0 Å². The highest BCUT2D eigenvalue weighted by molar-refractivity contribution is 5.77. The number of carboxylic acids is 1. The fourth-order valence-electron chi connectivity index (χ4n) is 2.50. The van der Waals surface area contributed by atoms with Crippen molar-refractivity contribution in [3.05, 3.63) is 59.7 Å². The Morgan fingerprint density at radius 1 is 1.21 bits per heavy atom. The molecule has 0 unspecified atom stereocenters. The summed E-state index contributed by atoms with van der Waals surface area (Å²) in [6.07, 6.45) is -2.22. The predicted octanol–water partition coefficient (Wildman–Crippen LogP) is 3.79. The van der Waals surface area contributed by atoms with Crippen molar-refractivity contribution in [1.29, 1.82) is 0 Å². The molecule has 1 aromatic carbocycles. The Morgan fingerprint density at radius 3 is 2.62 bits per heavy atom. The van der Waals surface area contributed by atoms with Gasteiger partial charge in [0.2, 0.25) is 0 Å². The Bertz CT molecular complexity index is 931. The third kappa shape index (κ3) is 2.94. The minimum absolute atomic E-state index is 0.126. The lowest BCUT2D eigenvalue weighted by molar-refractivity contribution is -0.137. The van der Waals surface area contributed by atoms with Crippen LogP contribution in [-0.4, -0.2) is 20.7 Å². The van der Waals surface area contributed by atoms with E-state index >= 15 is 0 Å². The van der Waals surface area contributed by atoms with Crippen molar-refractivity contribution in [3.63, 3.8) is 0 Å². The molecule has 24 heavy (non-hydrogen) atoms. The van der Waals surface area contributed by atoms with Gasteiger partial charge in [-0.1, -0.05) is 0 Å². The first kappa shape index (κ1) is 16.0. The van der Waals surface area contributed by atoms with E-state index in [1.165, 1.54) is 29.0 Å². The van der Waals surface area contributed by atoms with Gasteiger partial charge in [0.25, 0.3) is 0 Å². The van der Waals surface area contributed by atoms with Gasteiger partial charge >= 0.3 is 12.1 Å². The van der Waals surface area contributed by atoms with E-state index < -0.39 is 23.5 Å². The number of rotatable bonds is 3. The zero-order chi connectivity index (χ0) is 17.5. The van der Waals surface area contributed by atoms with Gasteiger partial charge < -0.3 is 5.11 Å². The van der Waals surface area contributed by atoms with Crippen LogP contribution in [0.15, 0.2) is 42.7 Å². The standard InChI is InChI=1S/C16H10F4N2O2/c17-11-1-2-13(16(18,19)20)12(7-11)9-3-4-22-14(5-9)10(8-21-22)6-15(23)24/h1-5,7-8H,6H2,(H,23,24). The second kappa shape index (κ2) is 5.63. The first-order valence-electron chi connectivity index (χ1n) is 6.81. The van der Waals surface area contributed by atoms with Crippen molar-refractivity contribution in [3.8, 4) is 11.1 Å². The predicted molar refractivity (Wildman–Crippen MR) is 76.9 cm³/mol. The van der Waals surface area contributed by atoms with Crippen LogP contribution in [0.5, 0.6) is 0 Å². The van der Waals surface area contributed by atoms with Crippen LogP contribution < -0.4 is 0 Å². The van der Waals surface area contributed by atoms with Gasteiger partial charge in [0.05, 0.1) is 23.7 Å². The summed E-state index contributed by atoms with van der Waals surface area (Å²) in [6, 6.07) is 4.98. The number of pyridine rings is 1. The fourth-order valence-corrected chi connectivity index (χ4v) is 2.50. The van der Waals surface area contributed by atoms with Gasteiger partial charge in [-0.3, -0.25) is 4.79 Å². The first-order valence-corrected chi connectivity index (χ1v) is 6.81. The van der Waals surface area contributed by atoms with Crippen LogP contribution in [0.3, 0.4) is 0 Å². The summed E-state index contributed by atoms with van der Waals surface area (Å²) in [5.74, 6) is -1.88. The van der Waals surface area contributed by atoms with E-state index in [1.54, 1.807) is 0 Å². The Kier molecular flexibility index (Phi) is 3.75. The van der Waals surface area contributed by atoms with Gasteiger partial charge in [0, 0.05) is 11.8 Å². The third-order valence-corrected chi connectivity index (χ3v) is 3.54. The minimum atomic E-state index is -4.64. The summed E-state index contributed by atoms with van der Waals surface area (Å²) >= 11 is 0. The molecule has 3 rings (SSSR count).